The van der Waals surface area contributed by atoms with Gasteiger partial charge in [0.15, 0.2) is 11.5 Å². The molecule has 10 heteroatoms. The van der Waals surface area contributed by atoms with E-state index in [1.807, 2.05) is 35.2 Å². The molecule has 1 heterocycles. The maximum atomic E-state index is 13.7. The number of aryl methyl sites for hydroxylation is 1. The molecule has 0 unspecified atom stereocenters. The number of hydrogen-bond donors (Lipinski definition) is 2. The first kappa shape index (κ1) is 34.6. The molecule has 10 nitrogen and oxygen atoms in total. The number of amides is 2. The van der Waals surface area contributed by atoms with Gasteiger partial charge in [0.25, 0.3) is 0 Å². The Bertz CT molecular complexity index is 1980. The van der Waals surface area contributed by atoms with Crippen LogP contribution in [-0.4, -0.2) is 58.2 Å². The van der Waals surface area contributed by atoms with Gasteiger partial charge in [-0.2, -0.15) is 0 Å². The molecule has 1 aliphatic carbocycles. The molecule has 2 N–H and O–H groups in total. The number of carbonyl (C=O) groups is 2. The molecule has 0 bridgehead atoms. The van der Waals surface area contributed by atoms with Crippen molar-refractivity contribution in [1.29, 1.82) is 0 Å². The van der Waals surface area contributed by atoms with Crippen LogP contribution in [0.1, 0.15) is 67.8 Å². The van der Waals surface area contributed by atoms with Gasteiger partial charge in [0.2, 0.25) is 23.0 Å². The lowest BCUT2D eigenvalue weighted by molar-refractivity contribution is -0.132. The predicted octanol–water partition coefficient (Wildman–Crippen LogP) is 6.58. The summed E-state index contributed by atoms with van der Waals surface area (Å²) in [6.45, 7) is 2.64. The summed E-state index contributed by atoms with van der Waals surface area (Å²) in [5.41, 5.74) is 4.57. The Hall–Kier alpha value is -5.25. The van der Waals surface area contributed by atoms with Crippen molar-refractivity contribution in [1.82, 2.24) is 10.2 Å². The molecule has 1 saturated heterocycles. The average Bonchev–Trinajstić information content (AvgIpc) is 3.50. The highest BCUT2D eigenvalue weighted by Gasteiger charge is 2.32. The van der Waals surface area contributed by atoms with E-state index in [1.165, 1.54) is 6.92 Å². The molecule has 4 aromatic rings. The molecule has 2 atom stereocenters. The zero-order valence-corrected chi connectivity index (χ0v) is 29.4. The first-order valence-electron chi connectivity index (χ1n) is 17.2. The summed E-state index contributed by atoms with van der Waals surface area (Å²) < 4.78 is 22.8. The molecule has 2 amide bonds. The number of rotatable bonds is 11. The average molecular weight is 680 g/mol. The van der Waals surface area contributed by atoms with Crippen molar-refractivity contribution < 1.29 is 28.5 Å². The monoisotopic (exact) mass is 679 g/mol. The quantitative estimate of drug-likeness (QED) is 0.171. The van der Waals surface area contributed by atoms with Crippen molar-refractivity contribution in [2.24, 2.45) is 0 Å². The van der Waals surface area contributed by atoms with E-state index in [2.05, 4.69) is 28.8 Å². The first-order valence-corrected chi connectivity index (χ1v) is 17.2. The number of fused-ring (bicyclic) bond motifs is 4. The summed E-state index contributed by atoms with van der Waals surface area (Å²) in [7, 11) is 6.39. The fraction of sp³-hybridized carbons (Fsp3) is 0.375. The summed E-state index contributed by atoms with van der Waals surface area (Å²) >= 11 is 0. The van der Waals surface area contributed by atoms with Crippen LogP contribution >= 0.6 is 0 Å². The molecule has 50 heavy (non-hydrogen) atoms. The van der Waals surface area contributed by atoms with Crippen molar-refractivity contribution in [3.8, 4) is 34.1 Å². The van der Waals surface area contributed by atoms with Crippen molar-refractivity contribution in [2.75, 3.05) is 46.8 Å². The van der Waals surface area contributed by atoms with Crippen molar-refractivity contribution in [3.63, 3.8) is 0 Å². The van der Waals surface area contributed by atoms with E-state index in [0.29, 0.717) is 60.7 Å². The molecule has 262 valence electrons. The second-order valence-electron chi connectivity index (χ2n) is 12.8. The van der Waals surface area contributed by atoms with E-state index in [4.69, 9.17) is 18.9 Å². The van der Waals surface area contributed by atoms with Gasteiger partial charge in [-0.05, 0) is 84.0 Å². The van der Waals surface area contributed by atoms with E-state index in [-0.39, 0.29) is 23.3 Å². The summed E-state index contributed by atoms with van der Waals surface area (Å²) in [6, 6.07) is 19.1. The molecular weight excluding hydrogens is 634 g/mol. The first-order chi connectivity index (χ1) is 24.3. The van der Waals surface area contributed by atoms with Gasteiger partial charge in [0.1, 0.15) is 5.75 Å². The summed E-state index contributed by atoms with van der Waals surface area (Å²) in [5.74, 6) is 2.24. The van der Waals surface area contributed by atoms with Gasteiger partial charge in [-0.3, -0.25) is 14.4 Å². The van der Waals surface area contributed by atoms with Crippen molar-refractivity contribution >= 4 is 28.3 Å². The van der Waals surface area contributed by atoms with Gasteiger partial charge >= 0.3 is 0 Å². The molecule has 1 fully saturated rings. The van der Waals surface area contributed by atoms with Crippen LogP contribution < -0.4 is 35.0 Å². The van der Waals surface area contributed by atoms with Crippen LogP contribution in [0.25, 0.3) is 21.9 Å². The predicted molar refractivity (Wildman–Crippen MR) is 195 cm³/mol. The van der Waals surface area contributed by atoms with Gasteiger partial charge in [-0.15, -0.1) is 0 Å². The molecule has 0 aromatic heterocycles. The fourth-order valence-electron chi connectivity index (χ4n) is 7.61. The van der Waals surface area contributed by atoms with Crippen molar-refractivity contribution in [2.45, 2.75) is 57.5 Å². The maximum Gasteiger partial charge on any atom is 0.223 e. The SMILES string of the molecule is COc1cc2c(c(OC)c1OC)-c1ccc(NCCCC(=O)N3CCC[C@H]3c3ccc(OC)c4ccccc34)c(=O)cc1[C@H](NC(C)=O)CC2. The summed E-state index contributed by atoms with van der Waals surface area (Å²) in [4.78, 5) is 41.5. The maximum absolute atomic E-state index is 13.7. The van der Waals surface area contributed by atoms with E-state index in [1.54, 1.807) is 40.6 Å². The van der Waals surface area contributed by atoms with E-state index < -0.39 is 6.04 Å². The number of benzene rings is 3. The zero-order chi connectivity index (χ0) is 35.4. The van der Waals surface area contributed by atoms with Crippen LogP contribution in [0, 0.1) is 0 Å². The minimum atomic E-state index is -0.390. The highest BCUT2D eigenvalue weighted by atomic mass is 16.5. The Balaban J connectivity index is 1.22. The third-order valence-electron chi connectivity index (χ3n) is 9.87. The van der Waals surface area contributed by atoms with Crippen molar-refractivity contribution in [3.05, 3.63) is 87.6 Å². The Labute approximate surface area is 292 Å². The highest BCUT2D eigenvalue weighted by molar-refractivity contribution is 5.92. The lowest BCUT2D eigenvalue weighted by atomic mass is 9.95. The second kappa shape index (κ2) is 15.1. The molecule has 0 spiro atoms. The molecule has 2 aliphatic rings. The van der Waals surface area contributed by atoms with Crippen LogP contribution in [0.15, 0.2) is 65.5 Å². The second-order valence-corrected chi connectivity index (χ2v) is 12.8. The largest absolute Gasteiger partial charge is 0.496 e. The zero-order valence-electron chi connectivity index (χ0n) is 29.4. The number of nitrogens with one attached hydrogen (secondary N) is 2. The van der Waals surface area contributed by atoms with E-state index in [9.17, 15) is 14.4 Å². The fourth-order valence-corrected chi connectivity index (χ4v) is 7.61. The lowest BCUT2D eigenvalue weighted by Crippen LogP contribution is -2.30. The van der Waals surface area contributed by atoms with Gasteiger partial charge < -0.3 is 34.5 Å². The lowest BCUT2D eigenvalue weighted by Gasteiger charge is -2.26. The molecule has 6 rings (SSSR count). The minimum absolute atomic E-state index is 0.0121. The Morgan fingerprint density at radius 1 is 0.840 bits per heavy atom. The number of anilines is 1. The van der Waals surface area contributed by atoms with E-state index in [0.717, 1.165) is 58.2 Å². The third kappa shape index (κ3) is 6.66. The number of ether oxygens (including phenoxy) is 4. The number of likely N-dealkylation sites (tertiary alicyclic amines) is 1. The standard InChI is InChI=1S/C40H45N3O7/c1-24(44)42-31-17-14-25-22-36(48-3)39(49-4)40(50-5)38(25)29-15-18-32(34(45)23-30(29)31)41-20-8-13-37(46)43-21-9-12-33(43)27-16-19-35(47-2)28-11-7-6-10-26(27)28/h6-7,10-11,15-16,18-19,22-23,31,33H,8-9,12-14,17,20-21H2,1-5H3,(H,41,45)(H,42,44)/t31-,33+/m1/s1. The number of methoxy groups -OCH3 is 4. The van der Waals surface area contributed by atoms with Gasteiger partial charge in [-0.1, -0.05) is 36.4 Å². The van der Waals surface area contributed by atoms with Crippen LogP contribution in [-0.2, 0) is 16.0 Å². The van der Waals surface area contributed by atoms with Gasteiger partial charge in [-0.25, -0.2) is 0 Å². The minimum Gasteiger partial charge on any atom is -0.496 e. The summed E-state index contributed by atoms with van der Waals surface area (Å²) in [5, 5.41) is 8.48. The molecule has 0 saturated carbocycles. The molecule has 1 aliphatic heterocycles. The Morgan fingerprint density at radius 2 is 1.60 bits per heavy atom. The molecule has 4 aromatic carbocycles. The van der Waals surface area contributed by atoms with Crippen LogP contribution in [0.3, 0.4) is 0 Å². The normalized spacial score (nSPS) is 16.5. The van der Waals surface area contributed by atoms with Crippen LogP contribution in [0.4, 0.5) is 5.69 Å². The van der Waals surface area contributed by atoms with Gasteiger partial charge in [0, 0.05) is 37.4 Å². The summed E-state index contributed by atoms with van der Waals surface area (Å²) in [6.07, 6.45) is 3.98. The Kier molecular flexibility index (Phi) is 10.5. The van der Waals surface area contributed by atoms with Crippen LogP contribution in [0.2, 0.25) is 0 Å². The smallest absolute Gasteiger partial charge is 0.223 e. The Morgan fingerprint density at radius 3 is 2.32 bits per heavy atom. The van der Waals surface area contributed by atoms with Gasteiger partial charge in [0.05, 0.1) is 46.2 Å². The van der Waals surface area contributed by atoms with E-state index >= 15 is 0 Å². The number of nitrogens with zero attached hydrogens (tertiary/aromatic N) is 1. The number of carbonyl (C=O) groups excluding carboxylic acids is 2. The number of hydrogen-bond acceptors (Lipinski definition) is 8. The highest BCUT2D eigenvalue weighted by Crippen LogP contribution is 2.50. The third-order valence-corrected chi connectivity index (χ3v) is 9.87. The van der Waals surface area contributed by atoms with Crippen LogP contribution in [0.5, 0.6) is 23.0 Å². The molecular formula is C40H45N3O7. The topological polar surface area (TPSA) is 115 Å². The molecule has 0 radical (unpaired) electrons.